The van der Waals surface area contributed by atoms with Gasteiger partial charge in [-0.05, 0) is 59.1 Å². The van der Waals surface area contributed by atoms with E-state index in [0.717, 1.165) is 15.9 Å². The van der Waals surface area contributed by atoms with Crippen molar-refractivity contribution in [2.45, 2.75) is 80.0 Å². The van der Waals surface area contributed by atoms with Crippen LogP contribution >= 0.6 is 11.3 Å². The number of rotatable bonds is 13. The summed E-state index contributed by atoms with van der Waals surface area (Å²) in [5.74, 6) is -0.338. The van der Waals surface area contributed by atoms with Gasteiger partial charge in [0.15, 0.2) is 5.78 Å². The van der Waals surface area contributed by atoms with Crippen LogP contribution in [0.1, 0.15) is 81.8 Å². The topological polar surface area (TPSA) is 130 Å². The standard InChI is InChI=1S/C32H41N3O7S/c1-10-41-29(38)26-20(4)25-27(37)35(32(7,8)24(36)15-19(2)3)30(39)34(28(25)43-26)16-23(42-18-31(5,6)17-33)21-13-11-12-14-22(21)40-9/h11-14,19,23H,10,15-16,18H2,1-9H3/t23-/m0/s1. The van der Waals surface area contributed by atoms with Crippen LogP contribution in [0.3, 0.4) is 0 Å². The largest absolute Gasteiger partial charge is 0.496 e. The highest BCUT2D eigenvalue weighted by molar-refractivity contribution is 7.20. The molecule has 0 aliphatic rings. The van der Waals surface area contributed by atoms with E-state index in [0.29, 0.717) is 16.9 Å². The van der Waals surface area contributed by atoms with E-state index in [1.165, 1.54) is 11.7 Å². The number of hydrogen-bond donors (Lipinski definition) is 0. The Bertz CT molecular complexity index is 1670. The maximum atomic E-state index is 14.4. The molecule has 0 radical (unpaired) electrons. The summed E-state index contributed by atoms with van der Waals surface area (Å²) in [5, 5.41) is 9.79. The average Bonchev–Trinajstić information content (AvgIpc) is 3.29. The van der Waals surface area contributed by atoms with Crippen molar-refractivity contribution in [2.24, 2.45) is 11.3 Å². The van der Waals surface area contributed by atoms with Crippen molar-refractivity contribution in [3.8, 4) is 11.8 Å². The van der Waals surface area contributed by atoms with Gasteiger partial charge in [0.2, 0.25) is 0 Å². The maximum Gasteiger partial charge on any atom is 0.348 e. The summed E-state index contributed by atoms with van der Waals surface area (Å²) < 4.78 is 19.5. The third kappa shape index (κ3) is 6.92. The summed E-state index contributed by atoms with van der Waals surface area (Å²) in [4.78, 5) is 55.2. The summed E-state index contributed by atoms with van der Waals surface area (Å²) >= 11 is 0.992. The second kappa shape index (κ2) is 13.3. The zero-order chi connectivity index (χ0) is 32.3. The minimum atomic E-state index is -1.48. The van der Waals surface area contributed by atoms with Gasteiger partial charge in [-0.3, -0.25) is 14.2 Å². The molecule has 0 saturated heterocycles. The highest BCUT2D eigenvalue weighted by Gasteiger charge is 2.36. The Balaban J connectivity index is 2.39. The van der Waals surface area contributed by atoms with E-state index < -0.39 is 34.3 Å². The zero-order valence-electron chi connectivity index (χ0n) is 26.4. The Morgan fingerprint density at radius 2 is 1.77 bits per heavy atom. The Kier molecular flexibility index (Phi) is 10.4. The highest BCUT2D eigenvalue weighted by atomic mass is 32.1. The molecule has 0 saturated carbocycles. The molecule has 0 unspecified atom stereocenters. The molecular formula is C32H41N3O7S. The number of thiophene rings is 1. The predicted octanol–water partition coefficient (Wildman–Crippen LogP) is 5.38. The molecule has 1 aromatic carbocycles. The van der Waals surface area contributed by atoms with E-state index in [1.807, 2.05) is 19.9 Å². The first-order valence-corrected chi connectivity index (χ1v) is 15.1. The van der Waals surface area contributed by atoms with E-state index in [9.17, 15) is 24.4 Å². The van der Waals surface area contributed by atoms with Crippen LogP contribution in [-0.4, -0.2) is 41.2 Å². The van der Waals surface area contributed by atoms with Crippen molar-refractivity contribution >= 4 is 33.3 Å². The molecule has 0 bridgehead atoms. The molecule has 10 nitrogen and oxygen atoms in total. The van der Waals surface area contributed by atoms with Gasteiger partial charge in [-0.1, -0.05) is 32.0 Å². The van der Waals surface area contributed by atoms with Gasteiger partial charge in [-0.2, -0.15) is 5.26 Å². The van der Waals surface area contributed by atoms with Crippen LogP contribution in [0, 0.1) is 29.6 Å². The molecule has 1 atom stereocenters. The highest BCUT2D eigenvalue weighted by Crippen LogP contribution is 2.34. The first kappa shape index (κ1) is 33.7. The van der Waals surface area contributed by atoms with Gasteiger partial charge in [0, 0.05) is 12.0 Å². The number of aromatic nitrogens is 2. The number of nitrogens with zero attached hydrogens (tertiary/aromatic N) is 3. The molecule has 2 heterocycles. The van der Waals surface area contributed by atoms with E-state index in [4.69, 9.17) is 14.2 Å². The lowest BCUT2D eigenvalue weighted by Gasteiger charge is -2.29. The van der Waals surface area contributed by atoms with Gasteiger partial charge in [-0.25, -0.2) is 14.2 Å². The van der Waals surface area contributed by atoms with E-state index in [-0.39, 0.29) is 53.0 Å². The van der Waals surface area contributed by atoms with Gasteiger partial charge >= 0.3 is 11.7 Å². The average molecular weight is 612 g/mol. The fraction of sp³-hybridized carbons (Fsp3) is 0.531. The molecule has 0 spiro atoms. The summed E-state index contributed by atoms with van der Waals surface area (Å²) in [5.41, 5.74) is -2.66. The van der Waals surface area contributed by atoms with E-state index in [2.05, 4.69) is 6.07 Å². The van der Waals surface area contributed by atoms with Gasteiger partial charge < -0.3 is 14.2 Å². The molecule has 2 aromatic heterocycles. The number of ether oxygens (including phenoxy) is 3. The second-order valence-electron chi connectivity index (χ2n) is 12.1. The first-order valence-electron chi connectivity index (χ1n) is 14.3. The Labute approximate surface area is 255 Å². The van der Waals surface area contributed by atoms with Crippen molar-refractivity contribution in [2.75, 3.05) is 20.3 Å². The lowest BCUT2D eigenvalue weighted by molar-refractivity contribution is -0.127. The van der Waals surface area contributed by atoms with Crippen molar-refractivity contribution in [1.29, 1.82) is 5.26 Å². The van der Waals surface area contributed by atoms with Crippen LogP contribution in [0.5, 0.6) is 5.75 Å². The maximum absolute atomic E-state index is 14.4. The van der Waals surface area contributed by atoms with Crippen LogP contribution in [0.25, 0.3) is 10.2 Å². The first-order chi connectivity index (χ1) is 20.1. The molecule has 3 rings (SSSR count). The van der Waals surface area contributed by atoms with Crippen LogP contribution in [0.15, 0.2) is 33.9 Å². The van der Waals surface area contributed by atoms with Crippen molar-refractivity contribution in [1.82, 2.24) is 9.13 Å². The lowest BCUT2D eigenvalue weighted by atomic mass is 9.91. The van der Waals surface area contributed by atoms with E-state index in [1.54, 1.807) is 59.7 Å². The molecule has 3 aromatic rings. The fourth-order valence-corrected chi connectivity index (χ4v) is 6.01. The van der Waals surface area contributed by atoms with E-state index >= 15 is 0 Å². The number of hydrogen-bond acceptors (Lipinski definition) is 9. The second-order valence-corrected chi connectivity index (χ2v) is 13.1. The minimum Gasteiger partial charge on any atom is -0.496 e. The van der Waals surface area contributed by atoms with Gasteiger partial charge in [-0.15, -0.1) is 11.3 Å². The quantitative estimate of drug-likeness (QED) is 0.236. The number of nitriles is 1. The number of carbonyl (C=O) groups is 2. The van der Waals surface area contributed by atoms with Crippen LogP contribution in [0.2, 0.25) is 0 Å². The number of methoxy groups -OCH3 is 1. The van der Waals surface area contributed by atoms with Crippen molar-refractivity contribution < 1.29 is 23.8 Å². The number of benzene rings is 1. The molecule has 232 valence electrons. The Morgan fingerprint density at radius 1 is 1.12 bits per heavy atom. The summed E-state index contributed by atoms with van der Waals surface area (Å²) in [7, 11) is 1.52. The predicted molar refractivity (Wildman–Crippen MR) is 166 cm³/mol. The number of ketones is 1. The number of para-hydroxylation sites is 1. The number of Topliss-reactive ketones (excluding diaryl/α,β-unsaturated/α-hetero) is 1. The molecule has 0 aliphatic carbocycles. The summed E-state index contributed by atoms with van der Waals surface area (Å²) in [6, 6.07) is 9.41. The summed E-state index contributed by atoms with van der Waals surface area (Å²) in [6.45, 7) is 13.8. The summed E-state index contributed by atoms with van der Waals surface area (Å²) in [6.07, 6.45) is -0.623. The minimum absolute atomic E-state index is 0.0125. The SMILES string of the molecule is CCOC(=O)c1sc2c(c1C)c(=O)n(C(C)(C)C(=O)CC(C)C)c(=O)n2C[C@H](OCC(C)(C)C#N)c1ccccc1OC. The fourth-order valence-electron chi connectivity index (χ4n) is 4.82. The zero-order valence-corrected chi connectivity index (χ0v) is 27.2. The van der Waals surface area contributed by atoms with Gasteiger partial charge in [0.25, 0.3) is 5.56 Å². The third-order valence-electron chi connectivity index (χ3n) is 7.29. The number of aryl methyl sites for hydroxylation is 1. The van der Waals surface area contributed by atoms with Gasteiger partial charge in [0.1, 0.15) is 27.1 Å². The van der Waals surface area contributed by atoms with Crippen LogP contribution in [0.4, 0.5) is 0 Å². The Hall–Kier alpha value is -3.75. The smallest absolute Gasteiger partial charge is 0.348 e. The normalized spacial score (nSPS) is 12.8. The number of carbonyl (C=O) groups excluding carboxylic acids is 2. The molecule has 0 N–H and O–H groups in total. The number of fused-ring (bicyclic) bond motifs is 1. The lowest BCUT2D eigenvalue weighted by Crippen LogP contribution is -2.53. The monoisotopic (exact) mass is 611 g/mol. The number of esters is 1. The molecule has 0 aliphatic heterocycles. The van der Waals surface area contributed by atoms with Crippen molar-refractivity contribution in [3.63, 3.8) is 0 Å². The molecular weight excluding hydrogens is 570 g/mol. The molecule has 0 fully saturated rings. The molecule has 43 heavy (non-hydrogen) atoms. The van der Waals surface area contributed by atoms with Crippen LogP contribution in [-0.2, 0) is 26.4 Å². The van der Waals surface area contributed by atoms with Gasteiger partial charge in [0.05, 0.1) is 43.7 Å². The third-order valence-corrected chi connectivity index (χ3v) is 8.59. The molecule has 0 amide bonds. The van der Waals surface area contributed by atoms with Crippen molar-refractivity contribution in [3.05, 3.63) is 61.1 Å². The van der Waals surface area contributed by atoms with Crippen LogP contribution < -0.4 is 16.0 Å². The Morgan fingerprint density at radius 3 is 2.35 bits per heavy atom. The molecule has 11 heteroatoms.